The summed E-state index contributed by atoms with van der Waals surface area (Å²) in [6, 6.07) is 9.99. The molecule has 0 amide bonds. The van der Waals surface area contributed by atoms with Crippen LogP contribution < -0.4 is 5.73 Å². The van der Waals surface area contributed by atoms with Gasteiger partial charge in [-0.2, -0.15) is 0 Å². The third kappa shape index (κ3) is 2.96. The molecule has 0 aromatic heterocycles. The molecule has 0 saturated carbocycles. The van der Waals surface area contributed by atoms with E-state index >= 15 is 0 Å². The van der Waals surface area contributed by atoms with Gasteiger partial charge in [-0.1, -0.05) is 30.3 Å². The van der Waals surface area contributed by atoms with Gasteiger partial charge in [0.15, 0.2) is 0 Å². The number of rotatable bonds is 1. The van der Waals surface area contributed by atoms with E-state index in [2.05, 4.69) is 0 Å². The van der Waals surface area contributed by atoms with Crippen molar-refractivity contribution in [2.45, 2.75) is 6.54 Å². The molecular weight excluding hydrogens is 305 g/mol. The summed E-state index contributed by atoms with van der Waals surface area (Å²) in [4.78, 5) is 0. The maximum atomic E-state index is 5.35. The second-order valence-electron chi connectivity index (χ2n) is 1.69. The molecule has 0 aliphatic rings. The number of hydrogen-bond donors (Lipinski definition) is 1. The van der Waals surface area contributed by atoms with E-state index in [1.54, 1.807) is 0 Å². The first-order valence-electron chi connectivity index (χ1n) is 2.67. The van der Waals surface area contributed by atoms with Crippen molar-refractivity contribution in [1.29, 1.82) is 0 Å². The summed E-state index contributed by atoms with van der Waals surface area (Å²) < 4.78 is 0. The Morgan fingerprint density at radius 2 is 1.67 bits per heavy atom. The second kappa shape index (κ2) is 4.93. The first kappa shape index (κ1) is 9.10. The van der Waals surface area contributed by atoms with Crippen molar-refractivity contribution in [2.75, 3.05) is 0 Å². The van der Waals surface area contributed by atoms with Crippen molar-refractivity contribution < 1.29 is 0 Å². The van der Waals surface area contributed by atoms with E-state index in [0.29, 0.717) is 6.54 Å². The van der Waals surface area contributed by atoms with Crippen LogP contribution in [0.1, 0.15) is 5.56 Å². The monoisotopic (exact) mass is 315 g/mol. The smallest absolute Gasteiger partial charge is 0.0178 e. The first-order valence-corrected chi connectivity index (χ1v) is 2.67. The van der Waals surface area contributed by atoms with E-state index in [1.807, 2.05) is 30.3 Å². The first-order chi connectivity index (χ1) is 3.93. The summed E-state index contributed by atoms with van der Waals surface area (Å²) in [6.45, 7) is 0.640. The molecule has 4 radical (unpaired) electrons. The molecule has 0 aliphatic carbocycles. The summed E-state index contributed by atoms with van der Waals surface area (Å²) in [5.41, 5.74) is 6.54. The van der Waals surface area contributed by atoms with Gasteiger partial charge in [0, 0.05) is 33.8 Å². The Balaban J connectivity index is 0.000000640. The molecule has 0 heterocycles. The van der Waals surface area contributed by atoms with Crippen LogP contribution in [0.2, 0.25) is 0 Å². The van der Waals surface area contributed by atoms with Crippen LogP contribution in [0.3, 0.4) is 0 Å². The van der Waals surface area contributed by atoms with Crippen LogP contribution in [-0.4, -0.2) is 27.3 Å². The molecule has 9 heavy (non-hydrogen) atoms. The van der Waals surface area contributed by atoms with Gasteiger partial charge in [-0.3, -0.25) is 0 Å². The van der Waals surface area contributed by atoms with E-state index in [9.17, 15) is 0 Å². The van der Waals surface area contributed by atoms with E-state index in [4.69, 9.17) is 5.73 Å². The van der Waals surface area contributed by atoms with Gasteiger partial charge >= 0.3 is 0 Å². The minimum atomic E-state index is 0. The number of hydrogen-bond acceptors (Lipinski definition) is 1. The maximum absolute atomic E-state index is 5.35. The standard InChI is InChI=1S/C7H9N.Pb/c8-6-7-4-2-1-3-5-7;/h1-5H,6,8H2;. The van der Waals surface area contributed by atoms with Gasteiger partial charge in [-0.15, -0.1) is 0 Å². The van der Waals surface area contributed by atoms with Gasteiger partial charge < -0.3 is 5.73 Å². The second-order valence-corrected chi connectivity index (χ2v) is 1.69. The molecule has 0 aliphatic heterocycles. The largest absolute Gasteiger partial charge is 0.326 e. The molecule has 1 rings (SSSR count). The van der Waals surface area contributed by atoms with Crippen molar-refractivity contribution in [3.8, 4) is 0 Å². The van der Waals surface area contributed by atoms with Gasteiger partial charge in [0.05, 0.1) is 0 Å². The van der Waals surface area contributed by atoms with Gasteiger partial charge in [0.1, 0.15) is 0 Å². The third-order valence-corrected chi connectivity index (χ3v) is 1.08. The molecule has 0 fully saturated rings. The van der Waals surface area contributed by atoms with Crippen molar-refractivity contribution >= 4 is 27.3 Å². The third-order valence-electron chi connectivity index (χ3n) is 1.08. The van der Waals surface area contributed by atoms with Gasteiger partial charge in [0.25, 0.3) is 0 Å². The van der Waals surface area contributed by atoms with Crippen molar-refractivity contribution in [2.24, 2.45) is 5.73 Å². The molecule has 2 heteroatoms. The van der Waals surface area contributed by atoms with Crippen LogP contribution in [0.25, 0.3) is 0 Å². The predicted molar refractivity (Wildman–Crippen MR) is 40.1 cm³/mol. The molecule has 0 spiro atoms. The molecule has 1 nitrogen and oxygen atoms in total. The minimum Gasteiger partial charge on any atom is -0.326 e. The molecular formula is C7H9NPb. The topological polar surface area (TPSA) is 26.0 Å². The summed E-state index contributed by atoms with van der Waals surface area (Å²) in [6.07, 6.45) is 0. The Hall–Kier alpha value is 0.102. The zero-order valence-corrected chi connectivity index (χ0v) is 9.06. The van der Waals surface area contributed by atoms with Crippen LogP contribution in [0.15, 0.2) is 30.3 Å². The zero-order valence-electron chi connectivity index (χ0n) is 5.17. The molecule has 1 aromatic carbocycles. The summed E-state index contributed by atoms with van der Waals surface area (Å²) >= 11 is 0. The average Bonchev–Trinajstić information content (AvgIpc) is 1.90. The zero-order chi connectivity index (χ0) is 5.82. The average molecular weight is 314 g/mol. The van der Waals surface area contributed by atoms with Crippen molar-refractivity contribution in [1.82, 2.24) is 0 Å². The van der Waals surface area contributed by atoms with Gasteiger partial charge in [-0.25, -0.2) is 0 Å². The Morgan fingerprint density at radius 1 is 1.11 bits per heavy atom. The Labute approximate surface area is 75.4 Å². The van der Waals surface area contributed by atoms with Gasteiger partial charge in [-0.05, 0) is 5.56 Å². The molecule has 0 saturated heterocycles. The Kier molecular flexibility index (Phi) is 4.99. The van der Waals surface area contributed by atoms with Crippen LogP contribution in [0, 0.1) is 0 Å². The summed E-state index contributed by atoms with van der Waals surface area (Å²) in [5, 5.41) is 0. The van der Waals surface area contributed by atoms with Crippen LogP contribution in [0.4, 0.5) is 0 Å². The molecule has 0 atom stereocenters. The molecule has 0 unspecified atom stereocenters. The quantitative estimate of drug-likeness (QED) is 0.761. The van der Waals surface area contributed by atoms with Crippen LogP contribution in [-0.2, 0) is 6.54 Å². The van der Waals surface area contributed by atoms with E-state index < -0.39 is 0 Å². The summed E-state index contributed by atoms with van der Waals surface area (Å²) in [5.74, 6) is 0. The molecule has 0 bridgehead atoms. The molecule has 1 aromatic rings. The molecule has 46 valence electrons. The van der Waals surface area contributed by atoms with Crippen molar-refractivity contribution in [3.05, 3.63) is 35.9 Å². The minimum absolute atomic E-state index is 0. The fourth-order valence-electron chi connectivity index (χ4n) is 0.614. The SMILES string of the molecule is NCc1ccccc1.[Pb]. The normalized spacial score (nSPS) is 8.11. The number of nitrogens with two attached hydrogens (primary N) is 1. The predicted octanol–water partition coefficient (Wildman–Crippen LogP) is 0.765. The van der Waals surface area contributed by atoms with Gasteiger partial charge in [0.2, 0.25) is 0 Å². The maximum Gasteiger partial charge on any atom is 0.0178 e. The fraction of sp³-hybridized carbons (Fsp3) is 0.143. The summed E-state index contributed by atoms with van der Waals surface area (Å²) in [7, 11) is 0. The Bertz CT molecular complexity index is 150. The van der Waals surface area contributed by atoms with E-state index in [-0.39, 0.29) is 27.3 Å². The number of benzene rings is 1. The van der Waals surface area contributed by atoms with E-state index in [1.165, 1.54) is 5.56 Å². The van der Waals surface area contributed by atoms with Crippen LogP contribution >= 0.6 is 0 Å². The van der Waals surface area contributed by atoms with Crippen molar-refractivity contribution in [3.63, 3.8) is 0 Å². The Morgan fingerprint density at radius 3 is 2.00 bits per heavy atom. The molecule has 2 N–H and O–H groups in total. The van der Waals surface area contributed by atoms with Crippen LogP contribution in [0.5, 0.6) is 0 Å². The fourth-order valence-corrected chi connectivity index (χ4v) is 0.614. The van der Waals surface area contributed by atoms with E-state index in [0.717, 1.165) is 0 Å².